The molecule has 0 saturated carbocycles. The summed E-state index contributed by atoms with van der Waals surface area (Å²) in [7, 11) is 0. The summed E-state index contributed by atoms with van der Waals surface area (Å²) in [6, 6.07) is 15.7. The Morgan fingerprint density at radius 2 is 1.40 bits per heavy atom. The maximum Gasteiger partial charge on any atom is 0.119 e. The molecule has 1 N–H and O–H groups in total. The third-order valence-corrected chi connectivity index (χ3v) is 4.32. The van der Waals surface area contributed by atoms with Crippen molar-refractivity contribution >= 4 is 5.71 Å². The second-order valence-corrected chi connectivity index (χ2v) is 6.46. The van der Waals surface area contributed by atoms with Gasteiger partial charge in [0.05, 0.1) is 6.61 Å². The maximum atomic E-state index is 9.39. The van der Waals surface area contributed by atoms with Crippen LogP contribution < -0.4 is 4.74 Å². The number of hydrogen-bond donors (Lipinski definition) is 1. The van der Waals surface area contributed by atoms with Gasteiger partial charge < -0.3 is 9.94 Å². The van der Waals surface area contributed by atoms with E-state index in [1.165, 1.54) is 37.7 Å². The van der Waals surface area contributed by atoms with Gasteiger partial charge in [-0.3, -0.25) is 0 Å². The van der Waals surface area contributed by atoms with E-state index >= 15 is 0 Å². The van der Waals surface area contributed by atoms with Crippen molar-refractivity contribution in [2.45, 2.75) is 52.4 Å². The van der Waals surface area contributed by atoms with E-state index in [-0.39, 0.29) is 0 Å². The highest BCUT2D eigenvalue weighted by Gasteiger charge is 2.08. The normalized spacial score (nSPS) is 11.5. The van der Waals surface area contributed by atoms with Crippen molar-refractivity contribution in [2.24, 2.45) is 5.16 Å². The average Bonchev–Trinajstić information content (AvgIpc) is 2.64. The van der Waals surface area contributed by atoms with Gasteiger partial charge in [0, 0.05) is 11.1 Å². The molecule has 0 atom stereocenters. The van der Waals surface area contributed by atoms with E-state index in [4.69, 9.17) is 4.74 Å². The molecule has 0 amide bonds. The lowest BCUT2D eigenvalue weighted by molar-refractivity contribution is 0.304. The van der Waals surface area contributed by atoms with Crippen LogP contribution in [0.15, 0.2) is 53.7 Å². The number of oxime groups is 1. The standard InChI is InChI=1S/C22H29NO2/c1-3-4-5-6-7-8-17-25-21-15-13-20(14-16-21)22(23-24)19-11-9-18(2)10-12-19/h9-16,24H,3-8,17H2,1-2H3/b23-22+. The van der Waals surface area contributed by atoms with Crippen molar-refractivity contribution in [3.63, 3.8) is 0 Å². The molecule has 2 rings (SSSR count). The minimum atomic E-state index is 0.572. The molecule has 0 aliphatic carbocycles. The number of benzene rings is 2. The first-order valence-electron chi connectivity index (χ1n) is 9.27. The predicted molar refractivity (Wildman–Crippen MR) is 104 cm³/mol. The van der Waals surface area contributed by atoms with E-state index in [1.807, 2.05) is 55.5 Å². The molecular weight excluding hydrogens is 310 g/mol. The molecule has 134 valence electrons. The lowest BCUT2D eigenvalue weighted by atomic mass is 10.0. The summed E-state index contributed by atoms with van der Waals surface area (Å²) in [6.45, 7) is 5.03. The minimum absolute atomic E-state index is 0.572. The van der Waals surface area contributed by atoms with Crippen LogP contribution in [-0.2, 0) is 0 Å². The SMILES string of the molecule is CCCCCCCCOc1ccc(/C(=N/O)c2ccc(C)cc2)cc1. The Balaban J connectivity index is 1.85. The summed E-state index contributed by atoms with van der Waals surface area (Å²) in [4.78, 5) is 0. The van der Waals surface area contributed by atoms with Gasteiger partial charge in [0.25, 0.3) is 0 Å². The van der Waals surface area contributed by atoms with Crippen molar-refractivity contribution in [2.75, 3.05) is 6.61 Å². The highest BCUT2D eigenvalue weighted by Crippen LogP contribution is 2.17. The number of rotatable bonds is 10. The molecule has 0 aliphatic heterocycles. The van der Waals surface area contributed by atoms with Crippen LogP contribution in [-0.4, -0.2) is 17.5 Å². The molecule has 0 fully saturated rings. The van der Waals surface area contributed by atoms with E-state index in [0.29, 0.717) is 5.71 Å². The maximum absolute atomic E-state index is 9.39. The molecule has 0 bridgehead atoms. The first kappa shape index (κ1) is 19.0. The fourth-order valence-corrected chi connectivity index (χ4v) is 2.78. The van der Waals surface area contributed by atoms with E-state index in [1.54, 1.807) is 0 Å². The summed E-state index contributed by atoms with van der Waals surface area (Å²) in [6.07, 6.45) is 7.56. The van der Waals surface area contributed by atoms with Crippen molar-refractivity contribution < 1.29 is 9.94 Å². The molecule has 25 heavy (non-hydrogen) atoms. The van der Waals surface area contributed by atoms with Crippen molar-refractivity contribution in [3.05, 3.63) is 65.2 Å². The summed E-state index contributed by atoms with van der Waals surface area (Å²) >= 11 is 0. The smallest absolute Gasteiger partial charge is 0.119 e. The fraction of sp³-hybridized carbons (Fsp3) is 0.409. The summed E-state index contributed by atoms with van der Waals surface area (Å²) < 4.78 is 5.80. The number of aryl methyl sites for hydroxylation is 1. The predicted octanol–water partition coefficient (Wildman–Crippen LogP) is 5.96. The Labute approximate surface area is 151 Å². The molecule has 0 unspecified atom stereocenters. The van der Waals surface area contributed by atoms with Crippen LogP contribution in [0.5, 0.6) is 5.75 Å². The van der Waals surface area contributed by atoms with Crippen LogP contribution in [0.2, 0.25) is 0 Å². The summed E-state index contributed by atoms with van der Waals surface area (Å²) in [5.74, 6) is 0.860. The van der Waals surface area contributed by atoms with Crippen molar-refractivity contribution in [1.29, 1.82) is 0 Å². The number of unbranched alkanes of at least 4 members (excludes halogenated alkanes) is 5. The molecule has 0 radical (unpaired) electrons. The first-order valence-corrected chi connectivity index (χ1v) is 9.27. The monoisotopic (exact) mass is 339 g/mol. The molecule has 0 saturated heterocycles. The van der Waals surface area contributed by atoms with Crippen molar-refractivity contribution in [1.82, 2.24) is 0 Å². The molecule has 0 aliphatic rings. The molecule has 3 nitrogen and oxygen atoms in total. The zero-order valence-electron chi connectivity index (χ0n) is 15.4. The zero-order chi connectivity index (χ0) is 17.9. The van der Waals surface area contributed by atoms with Gasteiger partial charge in [-0.1, -0.05) is 74.0 Å². The average molecular weight is 339 g/mol. The lowest BCUT2D eigenvalue weighted by Crippen LogP contribution is -2.04. The van der Waals surface area contributed by atoms with Crippen LogP contribution in [0.4, 0.5) is 0 Å². The number of hydrogen-bond acceptors (Lipinski definition) is 3. The molecule has 0 aromatic heterocycles. The van der Waals surface area contributed by atoms with Gasteiger partial charge in [-0.05, 0) is 37.6 Å². The third-order valence-electron chi connectivity index (χ3n) is 4.32. The van der Waals surface area contributed by atoms with Gasteiger partial charge in [-0.25, -0.2) is 0 Å². The van der Waals surface area contributed by atoms with Crippen molar-refractivity contribution in [3.8, 4) is 5.75 Å². The molecule has 3 heteroatoms. The number of nitrogens with zero attached hydrogens (tertiary/aromatic N) is 1. The van der Waals surface area contributed by atoms with Gasteiger partial charge in [-0.15, -0.1) is 0 Å². The van der Waals surface area contributed by atoms with Crippen LogP contribution in [0.1, 0.15) is 62.1 Å². The Morgan fingerprint density at radius 1 is 0.840 bits per heavy atom. The Kier molecular flexibility index (Phi) is 8.03. The lowest BCUT2D eigenvalue weighted by Gasteiger charge is -2.09. The van der Waals surface area contributed by atoms with E-state index < -0.39 is 0 Å². The molecule has 0 heterocycles. The third kappa shape index (κ3) is 6.26. The fourth-order valence-electron chi connectivity index (χ4n) is 2.78. The first-order chi connectivity index (χ1) is 12.2. The Morgan fingerprint density at radius 3 is 2.00 bits per heavy atom. The van der Waals surface area contributed by atoms with Gasteiger partial charge in [0.1, 0.15) is 11.5 Å². The van der Waals surface area contributed by atoms with Crippen LogP contribution in [0.3, 0.4) is 0 Å². The molecule has 0 spiro atoms. The minimum Gasteiger partial charge on any atom is -0.494 e. The summed E-state index contributed by atoms with van der Waals surface area (Å²) in [5.41, 5.74) is 3.52. The zero-order valence-corrected chi connectivity index (χ0v) is 15.4. The highest BCUT2D eigenvalue weighted by molar-refractivity contribution is 6.12. The second-order valence-electron chi connectivity index (χ2n) is 6.46. The van der Waals surface area contributed by atoms with Crippen LogP contribution in [0.25, 0.3) is 0 Å². The Bertz CT molecular complexity index is 645. The molecule has 2 aromatic carbocycles. The molecular formula is C22H29NO2. The van der Waals surface area contributed by atoms with Gasteiger partial charge in [0.2, 0.25) is 0 Å². The molecule has 2 aromatic rings. The van der Waals surface area contributed by atoms with Gasteiger partial charge in [-0.2, -0.15) is 0 Å². The van der Waals surface area contributed by atoms with E-state index in [2.05, 4.69) is 12.1 Å². The Hall–Kier alpha value is -2.29. The quantitative estimate of drug-likeness (QED) is 0.251. The largest absolute Gasteiger partial charge is 0.494 e. The number of ether oxygens (including phenoxy) is 1. The van der Waals surface area contributed by atoms with E-state index in [0.717, 1.165) is 29.9 Å². The highest BCUT2D eigenvalue weighted by atomic mass is 16.5. The van der Waals surface area contributed by atoms with E-state index in [9.17, 15) is 5.21 Å². The van der Waals surface area contributed by atoms with Crippen LogP contribution in [0, 0.1) is 6.92 Å². The second kappa shape index (κ2) is 10.5. The van der Waals surface area contributed by atoms with Gasteiger partial charge in [0.15, 0.2) is 0 Å². The van der Waals surface area contributed by atoms with Crippen LogP contribution >= 0.6 is 0 Å². The topological polar surface area (TPSA) is 41.8 Å². The van der Waals surface area contributed by atoms with Gasteiger partial charge >= 0.3 is 0 Å². The summed E-state index contributed by atoms with van der Waals surface area (Å²) in [5, 5.41) is 12.9.